The predicted octanol–water partition coefficient (Wildman–Crippen LogP) is 4.56. The lowest BCUT2D eigenvalue weighted by molar-refractivity contribution is -0.123. The van der Waals surface area contributed by atoms with Crippen LogP contribution < -0.4 is 0 Å². The topological polar surface area (TPSA) is 34.1 Å². The largest absolute Gasteiger partial charge is 0.299 e. The Labute approximate surface area is 119 Å². The lowest BCUT2D eigenvalue weighted by Crippen LogP contribution is -2.17. The van der Waals surface area contributed by atoms with Gasteiger partial charge < -0.3 is 0 Å². The minimum Gasteiger partial charge on any atom is -0.299 e. The van der Waals surface area contributed by atoms with Gasteiger partial charge >= 0.3 is 0 Å². The molecule has 0 aromatic carbocycles. The van der Waals surface area contributed by atoms with Crippen molar-refractivity contribution in [1.29, 1.82) is 0 Å². The Hall–Kier alpha value is -0.960. The van der Waals surface area contributed by atoms with Gasteiger partial charge in [-0.05, 0) is 38.3 Å². The average Bonchev–Trinajstić information content (AvgIpc) is 2.86. The van der Waals surface area contributed by atoms with Gasteiger partial charge in [-0.3, -0.25) is 9.59 Å². The molecule has 1 saturated carbocycles. The summed E-state index contributed by atoms with van der Waals surface area (Å²) in [5, 5.41) is 0. The number of carbonyl (C=O) groups excluding carboxylic acids is 2. The lowest BCUT2D eigenvalue weighted by atomic mass is 9.84. The van der Waals surface area contributed by atoms with Crippen molar-refractivity contribution in [2.75, 3.05) is 0 Å². The van der Waals surface area contributed by atoms with E-state index in [-0.39, 0.29) is 11.7 Å². The lowest BCUT2D eigenvalue weighted by Gasteiger charge is -2.19. The molecule has 1 aliphatic rings. The molecule has 0 unspecified atom stereocenters. The minimum atomic E-state index is 0.189. The molecule has 1 aromatic rings. The Morgan fingerprint density at radius 2 is 1.89 bits per heavy atom. The van der Waals surface area contributed by atoms with Crippen molar-refractivity contribution in [3.63, 3.8) is 0 Å². The van der Waals surface area contributed by atoms with Gasteiger partial charge in [-0.1, -0.05) is 19.3 Å². The minimum absolute atomic E-state index is 0.189. The zero-order chi connectivity index (χ0) is 13.7. The first kappa shape index (κ1) is 14.4. The molecule has 0 spiro atoms. The van der Waals surface area contributed by atoms with Gasteiger partial charge in [-0.15, -0.1) is 11.3 Å². The van der Waals surface area contributed by atoms with Crippen molar-refractivity contribution < 1.29 is 9.59 Å². The maximum atomic E-state index is 12.0. The molecular weight excluding hydrogens is 256 g/mol. The van der Waals surface area contributed by atoms with Crippen LogP contribution in [0.1, 0.15) is 65.9 Å². The summed E-state index contributed by atoms with van der Waals surface area (Å²) in [5.41, 5.74) is 0. The monoisotopic (exact) mass is 278 g/mol. The Bertz CT molecular complexity index is 441. The number of hydrogen-bond acceptors (Lipinski definition) is 3. The fourth-order valence-corrected chi connectivity index (χ4v) is 3.59. The highest BCUT2D eigenvalue weighted by Crippen LogP contribution is 2.26. The number of aryl methyl sites for hydroxylation is 1. The normalized spacial score (nSPS) is 16.5. The van der Waals surface area contributed by atoms with E-state index in [4.69, 9.17) is 0 Å². The number of carbonyl (C=O) groups is 2. The highest BCUT2D eigenvalue weighted by Gasteiger charge is 2.20. The fraction of sp³-hybridized carbons (Fsp3) is 0.625. The molecule has 1 aromatic heterocycles. The average molecular weight is 278 g/mol. The van der Waals surface area contributed by atoms with Gasteiger partial charge in [0.25, 0.3) is 0 Å². The van der Waals surface area contributed by atoms with Gasteiger partial charge in [-0.25, -0.2) is 0 Å². The quantitative estimate of drug-likeness (QED) is 0.715. The molecule has 0 saturated heterocycles. The van der Waals surface area contributed by atoms with Gasteiger partial charge in [0.05, 0.1) is 4.88 Å². The molecule has 19 heavy (non-hydrogen) atoms. The summed E-state index contributed by atoms with van der Waals surface area (Å²) in [6.45, 7) is 2.01. The molecule has 0 amide bonds. The summed E-state index contributed by atoms with van der Waals surface area (Å²) in [6, 6.07) is 3.87. The van der Waals surface area contributed by atoms with Crippen LogP contribution in [0.2, 0.25) is 0 Å². The molecule has 0 N–H and O–H groups in total. The van der Waals surface area contributed by atoms with Crippen LogP contribution in [0.15, 0.2) is 12.1 Å². The van der Waals surface area contributed by atoms with E-state index in [1.165, 1.54) is 24.1 Å². The number of rotatable bonds is 6. The maximum Gasteiger partial charge on any atom is 0.172 e. The Morgan fingerprint density at radius 1 is 1.16 bits per heavy atom. The van der Waals surface area contributed by atoms with Crippen molar-refractivity contribution in [2.24, 2.45) is 5.92 Å². The van der Waals surface area contributed by atoms with E-state index in [0.717, 1.165) is 17.7 Å². The molecule has 2 nitrogen and oxygen atoms in total. The molecular formula is C16H22O2S. The van der Waals surface area contributed by atoms with Crippen LogP contribution >= 0.6 is 11.3 Å². The second-order valence-electron chi connectivity index (χ2n) is 5.49. The Balaban J connectivity index is 1.71. The SMILES string of the molecule is Cc1ccc(C(=O)CCCC(=O)C2CCCCC2)s1. The zero-order valence-corrected chi connectivity index (χ0v) is 12.4. The highest BCUT2D eigenvalue weighted by atomic mass is 32.1. The van der Waals surface area contributed by atoms with Crippen molar-refractivity contribution in [1.82, 2.24) is 0 Å². The molecule has 1 heterocycles. The van der Waals surface area contributed by atoms with E-state index in [1.807, 2.05) is 19.1 Å². The van der Waals surface area contributed by atoms with Crippen LogP contribution in [0.25, 0.3) is 0 Å². The van der Waals surface area contributed by atoms with Gasteiger partial charge in [0.2, 0.25) is 0 Å². The summed E-state index contributed by atoms with van der Waals surface area (Å²) < 4.78 is 0. The van der Waals surface area contributed by atoms with Crippen LogP contribution in [0.4, 0.5) is 0 Å². The fourth-order valence-electron chi connectivity index (χ4n) is 2.76. The molecule has 0 aliphatic heterocycles. The standard InChI is InChI=1S/C16H22O2S/c1-12-10-11-16(19-12)15(18)9-5-8-14(17)13-6-3-2-4-7-13/h10-11,13H,2-9H2,1H3. The van der Waals surface area contributed by atoms with Crippen molar-refractivity contribution in [3.8, 4) is 0 Å². The maximum absolute atomic E-state index is 12.0. The molecule has 1 aliphatic carbocycles. The number of thiophene rings is 1. The Kier molecular flexibility index (Phi) is 5.32. The van der Waals surface area contributed by atoms with E-state index < -0.39 is 0 Å². The molecule has 0 radical (unpaired) electrons. The smallest absolute Gasteiger partial charge is 0.172 e. The summed E-state index contributed by atoms with van der Waals surface area (Å²) in [5.74, 6) is 0.859. The predicted molar refractivity (Wildman–Crippen MR) is 78.8 cm³/mol. The van der Waals surface area contributed by atoms with E-state index >= 15 is 0 Å². The van der Waals surface area contributed by atoms with Gasteiger partial charge in [-0.2, -0.15) is 0 Å². The van der Waals surface area contributed by atoms with Crippen molar-refractivity contribution >= 4 is 22.9 Å². The van der Waals surface area contributed by atoms with Gasteiger partial charge in [0.1, 0.15) is 5.78 Å². The third-order valence-electron chi connectivity index (χ3n) is 3.90. The molecule has 1 fully saturated rings. The van der Waals surface area contributed by atoms with E-state index in [2.05, 4.69) is 0 Å². The number of Topliss-reactive ketones (excluding diaryl/α,β-unsaturated/α-hetero) is 2. The van der Waals surface area contributed by atoms with Crippen LogP contribution in [0, 0.1) is 12.8 Å². The van der Waals surface area contributed by atoms with E-state index in [9.17, 15) is 9.59 Å². The van der Waals surface area contributed by atoms with E-state index in [1.54, 1.807) is 11.3 Å². The van der Waals surface area contributed by atoms with Crippen LogP contribution in [-0.4, -0.2) is 11.6 Å². The third kappa shape index (κ3) is 4.27. The molecule has 3 heteroatoms. The van der Waals surface area contributed by atoms with Gasteiger partial charge in [0.15, 0.2) is 5.78 Å². The van der Waals surface area contributed by atoms with Crippen LogP contribution in [-0.2, 0) is 4.79 Å². The third-order valence-corrected chi connectivity index (χ3v) is 4.94. The summed E-state index contributed by atoms with van der Waals surface area (Å²) in [6.07, 6.45) is 7.62. The van der Waals surface area contributed by atoms with Crippen molar-refractivity contribution in [3.05, 3.63) is 21.9 Å². The van der Waals surface area contributed by atoms with Crippen LogP contribution in [0.5, 0.6) is 0 Å². The van der Waals surface area contributed by atoms with E-state index in [0.29, 0.717) is 25.0 Å². The Morgan fingerprint density at radius 3 is 2.53 bits per heavy atom. The summed E-state index contributed by atoms with van der Waals surface area (Å²) in [4.78, 5) is 25.9. The van der Waals surface area contributed by atoms with Gasteiger partial charge in [0, 0.05) is 23.6 Å². The molecule has 0 bridgehead atoms. The second-order valence-corrected chi connectivity index (χ2v) is 6.78. The number of hydrogen-bond donors (Lipinski definition) is 0. The summed E-state index contributed by atoms with van der Waals surface area (Å²) in [7, 11) is 0. The van der Waals surface area contributed by atoms with Crippen molar-refractivity contribution in [2.45, 2.75) is 58.3 Å². The van der Waals surface area contributed by atoms with Crippen LogP contribution in [0.3, 0.4) is 0 Å². The number of ketones is 2. The summed E-state index contributed by atoms with van der Waals surface area (Å²) >= 11 is 1.55. The molecule has 0 atom stereocenters. The molecule has 2 rings (SSSR count). The first-order valence-electron chi connectivity index (χ1n) is 7.29. The second kappa shape index (κ2) is 6.99. The first-order chi connectivity index (χ1) is 9.16. The first-order valence-corrected chi connectivity index (χ1v) is 8.11. The zero-order valence-electron chi connectivity index (χ0n) is 11.6. The highest BCUT2D eigenvalue weighted by molar-refractivity contribution is 7.14. The molecule has 104 valence electrons.